The molecule has 56 heavy (non-hydrogen) atoms. The van der Waals surface area contributed by atoms with Crippen molar-refractivity contribution in [1.29, 1.82) is 0 Å². The van der Waals surface area contributed by atoms with Crippen LogP contribution >= 0.6 is 136 Å². The van der Waals surface area contributed by atoms with Crippen molar-refractivity contribution in [3.63, 3.8) is 0 Å². The van der Waals surface area contributed by atoms with Gasteiger partial charge in [0.15, 0.2) is 0 Å². The summed E-state index contributed by atoms with van der Waals surface area (Å²) < 4.78 is 3.32. The average molecular weight is 1470 g/mol. The van der Waals surface area contributed by atoms with E-state index in [-0.39, 0.29) is 83.9 Å². The normalized spacial score (nSPS) is 12.4. The van der Waals surface area contributed by atoms with Crippen molar-refractivity contribution in [3.8, 4) is 0 Å². The van der Waals surface area contributed by atoms with Gasteiger partial charge in [0.05, 0.1) is 39.2 Å². The summed E-state index contributed by atoms with van der Waals surface area (Å²) >= 11 is 11.7. The number of carbonyl (C=O) groups is 6. The molecule has 2 aromatic rings. The molecule has 0 aromatic heterocycles. The van der Waals surface area contributed by atoms with Crippen molar-refractivity contribution in [3.05, 3.63) is 43.7 Å². The molecule has 0 aliphatic carbocycles. The van der Waals surface area contributed by atoms with Gasteiger partial charge in [-0.3, -0.25) is 19.2 Å². The molecular formula is C31H38I6N5NaO13. The number of anilines is 2. The molecule has 0 fully saturated rings. The summed E-state index contributed by atoms with van der Waals surface area (Å²) in [6, 6.07) is 0. The monoisotopic (exact) mass is 1470 g/mol. The zero-order chi connectivity index (χ0) is 43.1. The van der Waals surface area contributed by atoms with Crippen LogP contribution in [0.2, 0.25) is 0 Å². The van der Waals surface area contributed by atoms with Crippen molar-refractivity contribution in [2.75, 3.05) is 30.8 Å². The second kappa shape index (κ2) is 28.8. The van der Waals surface area contributed by atoms with Gasteiger partial charge < -0.3 is 67.1 Å². The van der Waals surface area contributed by atoms with Crippen LogP contribution in [0.4, 0.5) is 11.4 Å². The van der Waals surface area contributed by atoms with Gasteiger partial charge in [-0.2, -0.15) is 0 Å². The van der Waals surface area contributed by atoms with E-state index in [1.54, 1.807) is 7.05 Å². The molecule has 4 amide bonds. The number of aliphatic hydroxyl groups excluding tert-OH is 5. The number of carboxylic acid groups (broad SMARTS) is 2. The Morgan fingerprint density at radius 3 is 1.27 bits per heavy atom. The SMILES string of the molecule is CC(=O)NCc1c(I)c(NC(C)=O)c(I)c(C(=O)O)c1I.CC(=O)NCc1c(I)c(NC(C)=O)c(I)c(C(=O)[O-])c1I.CNC[C@H](O)[C@@H](O)[C@H](O)[C@H](O)CO.[Na+]. The van der Waals surface area contributed by atoms with Crippen LogP contribution in [0.3, 0.4) is 0 Å². The number of benzene rings is 2. The maximum Gasteiger partial charge on any atom is 1.00 e. The van der Waals surface area contributed by atoms with E-state index >= 15 is 0 Å². The number of halogens is 6. The number of hydrogen-bond acceptors (Lipinski definition) is 13. The number of likely N-dealkylation sites (N-methyl/N-ethyl adjacent to an activating group) is 1. The predicted molar refractivity (Wildman–Crippen MR) is 249 cm³/mol. The van der Waals surface area contributed by atoms with Gasteiger partial charge in [0.1, 0.15) is 18.3 Å². The second-order valence-corrected chi connectivity index (χ2v) is 17.4. The molecule has 25 heteroatoms. The van der Waals surface area contributed by atoms with E-state index < -0.39 is 43.0 Å². The summed E-state index contributed by atoms with van der Waals surface area (Å²) in [6.45, 7) is 5.28. The van der Waals surface area contributed by atoms with Crippen molar-refractivity contribution in [1.82, 2.24) is 16.0 Å². The number of rotatable bonds is 14. The van der Waals surface area contributed by atoms with Crippen LogP contribution in [0.5, 0.6) is 0 Å². The molecule has 308 valence electrons. The number of aromatic carboxylic acids is 2. The van der Waals surface area contributed by atoms with Gasteiger partial charge in [-0.15, -0.1) is 0 Å². The standard InChI is InChI=1S/2C12H11I3N2O4.C7H17NO5.Na/c2*1-4(18)16-3-6-8(13)7(12(20)21)10(15)11(9(6)14)17-5(2)19;1-8-2-4(10)6(12)7(13)5(11)3-9;/h2*3H2,1-2H3,(H,16,18)(H,17,19)(H,20,21);4-13H,2-3H2,1H3;/q;;;+1/p-1/t;;4-,5+,6+,7+;/m..0./s1. The van der Waals surface area contributed by atoms with Gasteiger partial charge in [0.2, 0.25) is 23.6 Å². The Balaban J connectivity index is 0. The number of hydrogen-bond donors (Lipinski definition) is 11. The number of carboxylic acids is 2. The summed E-state index contributed by atoms with van der Waals surface area (Å²) in [6.07, 6.45) is -5.65. The third-order valence-electron chi connectivity index (χ3n) is 6.60. The van der Waals surface area contributed by atoms with E-state index in [1.807, 2.05) is 136 Å². The second-order valence-electron chi connectivity index (χ2n) is 11.0. The summed E-state index contributed by atoms with van der Waals surface area (Å²) in [5.74, 6) is -3.42. The first-order valence-electron chi connectivity index (χ1n) is 15.2. The largest absolute Gasteiger partial charge is 1.00 e. The molecule has 18 nitrogen and oxygen atoms in total. The summed E-state index contributed by atoms with van der Waals surface area (Å²) in [4.78, 5) is 67.6. The van der Waals surface area contributed by atoms with Crippen LogP contribution in [0.15, 0.2) is 0 Å². The van der Waals surface area contributed by atoms with Crippen molar-refractivity contribution < 1.29 is 94.1 Å². The Bertz CT molecular complexity index is 1650. The third-order valence-corrected chi connectivity index (χ3v) is 13.5. The van der Waals surface area contributed by atoms with E-state index in [9.17, 15) is 44.1 Å². The molecule has 0 spiro atoms. The predicted octanol–water partition coefficient (Wildman–Crippen LogP) is -2.10. The minimum atomic E-state index is -1.55. The van der Waals surface area contributed by atoms with Crippen LogP contribution in [-0.2, 0) is 32.3 Å². The first kappa shape index (κ1) is 58.5. The number of nitrogens with one attached hydrogen (secondary N) is 5. The van der Waals surface area contributed by atoms with E-state index in [0.29, 0.717) is 40.4 Å². The average Bonchev–Trinajstić information content (AvgIpc) is 3.07. The molecule has 2 rings (SSSR count). The maximum absolute atomic E-state index is 11.5. The van der Waals surface area contributed by atoms with E-state index in [4.69, 9.17) is 20.4 Å². The van der Waals surface area contributed by atoms with E-state index in [2.05, 4.69) is 26.6 Å². The van der Waals surface area contributed by atoms with Crippen LogP contribution in [0.1, 0.15) is 59.5 Å². The van der Waals surface area contributed by atoms with E-state index in [1.165, 1.54) is 27.7 Å². The van der Waals surface area contributed by atoms with Gasteiger partial charge in [-0.1, -0.05) is 0 Å². The fourth-order valence-corrected chi connectivity index (χ4v) is 12.5. The Morgan fingerprint density at radius 1 is 0.607 bits per heavy atom. The van der Waals surface area contributed by atoms with Crippen LogP contribution in [0.25, 0.3) is 0 Å². The Kier molecular flexibility index (Phi) is 30.1. The van der Waals surface area contributed by atoms with Crippen LogP contribution in [0, 0.1) is 21.4 Å². The first-order valence-corrected chi connectivity index (χ1v) is 21.7. The minimum Gasteiger partial charge on any atom is -0.545 e. The molecule has 0 aliphatic heterocycles. The van der Waals surface area contributed by atoms with Crippen molar-refractivity contribution in [2.45, 2.75) is 65.2 Å². The third kappa shape index (κ3) is 18.6. The molecule has 0 saturated heterocycles. The maximum atomic E-state index is 11.5. The van der Waals surface area contributed by atoms with E-state index in [0.717, 1.165) is 3.57 Å². The van der Waals surface area contributed by atoms with Crippen molar-refractivity contribution >= 4 is 182 Å². The van der Waals surface area contributed by atoms with Gasteiger partial charge in [-0.25, -0.2) is 4.79 Å². The van der Waals surface area contributed by atoms with Crippen LogP contribution in [-0.4, -0.2) is 111 Å². The Labute approximate surface area is 426 Å². The zero-order valence-electron chi connectivity index (χ0n) is 30.4. The summed E-state index contributed by atoms with van der Waals surface area (Å²) in [5, 5.41) is 78.8. The number of amides is 4. The molecule has 0 bridgehead atoms. The van der Waals surface area contributed by atoms with Crippen LogP contribution < -0.4 is 61.2 Å². The molecule has 4 atom stereocenters. The first-order chi connectivity index (χ1) is 25.4. The molecule has 0 heterocycles. The quantitative estimate of drug-likeness (QED) is 0.0714. The molecule has 0 aliphatic rings. The smallest absolute Gasteiger partial charge is 0.545 e. The Hall–Kier alpha value is 0.400. The van der Waals surface area contributed by atoms with Gasteiger partial charge in [0, 0.05) is 81.9 Å². The van der Waals surface area contributed by atoms with Gasteiger partial charge in [-0.05, 0) is 143 Å². The summed E-state index contributed by atoms with van der Waals surface area (Å²) in [7, 11) is 1.57. The topological polar surface area (TPSA) is 307 Å². The molecular weight excluding hydrogens is 1430 g/mol. The number of carbonyl (C=O) groups excluding carboxylic acids is 5. The molecule has 0 unspecified atom stereocenters. The van der Waals surface area contributed by atoms with Crippen molar-refractivity contribution in [2.24, 2.45) is 0 Å². The fraction of sp³-hybridized carbons (Fsp3) is 0.419. The number of aliphatic hydroxyl groups is 5. The van der Waals surface area contributed by atoms with Gasteiger partial charge in [0.25, 0.3) is 0 Å². The molecule has 11 N–H and O–H groups in total. The molecule has 2 aromatic carbocycles. The van der Waals surface area contributed by atoms with Gasteiger partial charge >= 0.3 is 35.5 Å². The zero-order valence-corrected chi connectivity index (χ0v) is 45.4. The fourth-order valence-electron chi connectivity index (χ4n) is 4.00. The minimum absolute atomic E-state index is 0. The molecule has 0 radical (unpaired) electrons. The summed E-state index contributed by atoms with van der Waals surface area (Å²) in [5.41, 5.74) is 2.33. The molecule has 0 saturated carbocycles. The Morgan fingerprint density at radius 2 is 0.964 bits per heavy atom.